The molecule has 27 heavy (non-hydrogen) atoms. The van der Waals surface area contributed by atoms with Crippen LogP contribution in [0.2, 0.25) is 0 Å². The zero-order valence-corrected chi connectivity index (χ0v) is 15.5. The second kappa shape index (κ2) is 6.84. The molecule has 4 rings (SSSR count). The maximum absolute atomic E-state index is 12.7. The Balaban J connectivity index is 1.39. The van der Waals surface area contributed by atoms with Crippen molar-refractivity contribution in [2.24, 2.45) is 0 Å². The van der Waals surface area contributed by atoms with Crippen LogP contribution in [-0.2, 0) is 16.1 Å². The molecule has 0 aliphatic carbocycles. The number of rotatable bonds is 4. The molecule has 3 N–H and O–H groups in total. The van der Waals surface area contributed by atoms with Gasteiger partial charge in [-0.3, -0.25) is 14.5 Å². The molecule has 0 bridgehead atoms. The minimum Gasteiger partial charge on any atom is -0.353 e. The lowest BCUT2D eigenvalue weighted by atomic mass is 9.90. The highest BCUT2D eigenvalue weighted by Gasteiger charge is 2.50. The number of hydrogen-bond donors (Lipinski definition) is 3. The highest BCUT2D eigenvalue weighted by molar-refractivity contribution is 5.89. The van der Waals surface area contributed by atoms with E-state index < -0.39 is 6.04 Å². The van der Waals surface area contributed by atoms with E-state index >= 15 is 0 Å². The third-order valence-corrected chi connectivity index (χ3v) is 5.75. The predicted molar refractivity (Wildman–Crippen MR) is 98.8 cm³/mol. The first-order valence-corrected chi connectivity index (χ1v) is 9.36. The van der Waals surface area contributed by atoms with Crippen molar-refractivity contribution < 1.29 is 14.4 Å². The number of carbonyl (C=O) groups excluding carboxylic acids is 3. The maximum atomic E-state index is 12.7. The molecule has 3 saturated heterocycles. The van der Waals surface area contributed by atoms with Crippen LogP contribution < -0.4 is 16.0 Å². The van der Waals surface area contributed by atoms with Crippen molar-refractivity contribution in [2.75, 3.05) is 32.7 Å². The molecule has 8 heteroatoms. The molecule has 1 aromatic rings. The molecule has 3 aliphatic heterocycles. The van der Waals surface area contributed by atoms with E-state index in [9.17, 15) is 14.4 Å². The van der Waals surface area contributed by atoms with E-state index in [1.165, 1.54) is 11.1 Å². The van der Waals surface area contributed by atoms with Crippen molar-refractivity contribution in [3.8, 4) is 0 Å². The Kier molecular flexibility index (Phi) is 4.51. The van der Waals surface area contributed by atoms with Crippen LogP contribution in [0, 0.1) is 6.92 Å². The number of piperazine rings is 1. The predicted octanol–water partition coefficient (Wildman–Crippen LogP) is -0.421. The highest BCUT2D eigenvalue weighted by atomic mass is 16.2. The summed E-state index contributed by atoms with van der Waals surface area (Å²) < 4.78 is 0. The summed E-state index contributed by atoms with van der Waals surface area (Å²) in [4.78, 5) is 40.3. The second-order valence-corrected chi connectivity index (χ2v) is 7.75. The van der Waals surface area contributed by atoms with E-state index in [2.05, 4.69) is 39.9 Å². The third-order valence-electron chi connectivity index (χ3n) is 5.75. The Hall–Kier alpha value is -2.61. The van der Waals surface area contributed by atoms with E-state index in [4.69, 9.17) is 0 Å². The SMILES string of the molecule is Cc1ccccc1CN1CCNC(=O)C1CC(=O)N1CC2(CNC(=O)N2)C1. The monoisotopic (exact) mass is 371 g/mol. The van der Waals surface area contributed by atoms with Crippen LogP contribution in [0.1, 0.15) is 17.5 Å². The molecule has 1 atom stereocenters. The molecule has 4 amide bonds. The standard InChI is InChI=1S/C19H25N5O3/c1-13-4-2-3-5-14(13)9-23-7-6-20-17(26)15(23)8-16(25)24-11-19(12-24)10-21-18(27)22-19/h2-5,15H,6-12H2,1H3,(H,20,26)(H2,21,22,27). The zero-order chi connectivity index (χ0) is 19.0. The molecule has 3 aliphatic rings. The van der Waals surface area contributed by atoms with Crippen molar-refractivity contribution in [1.29, 1.82) is 0 Å². The normalized spacial score (nSPS) is 24.2. The lowest BCUT2D eigenvalue weighted by Crippen LogP contribution is -2.70. The molecule has 3 heterocycles. The Bertz CT molecular complexity index is 774. The first kappa shape index (κ1) is 17.8. The van der Waals surface area contributed by atoms with Crippen LogP contribution in [-0.4, -0.2) is 71.9 Å². The van der Waals surface area contributed by atoms with Crippen LogP contribution in [0.5, 0.6) is 0 Å². The number of carbonyl (C=O) groups is 3. The quantitative estimate of drug-likeness (QED) is 0.670. The summed E-state index contributed by atoms with van der Waals surface area (Å²) in [5.41, 5.74) is 2.03. The fraction of sp³-hybridized carbons (Fsp3) is 0.526. The number of benzene rings is 1. The minimum absolute atomic E-state index is 0.0430. The van der Waals surface area contributed by atoms with Crippen molar-refractivity contribution in [2.45, 2.75) is 31.5 Å². The van der Waals surface area contributed by atoms with Gasteiger partial charge in [-0.1, -0.05) is 24.3 Å². The number of nitrogens with one attached hydrogen (secondary N) is 3. The summed E-state index contributed by atoms with van der Waals surface area (Å²) in [6.07, 6.45) is 0.162. The molecule has 3 fully saturated rings. The Morgan fingerprint density at radius 1 is 1.22 bits per heavy atom. The van der Waals surface area contributed by atoms with Crippen molar-refractivity contribution in [1.82, 2.24) is 25.8 Å². The van der Waals surface area contributed by atoms with Gasteiger partial charge in [0.05, 0.1) is 18.0 Å². The van der Waals surface area contributed by atoms with E-state index in [-0.39, 0.29) is 29.8 Å². The van der Waals surface area contributed by atoms with Gasteiger partial charge < -0.3 is 20.9 Å². The van der Waals surface area contributed by atoms with Gasteiger partial charge in [-0.25, -0.2) is 4.79 Å². The van der Waals surface area contributed by atoms with Gasteiger partial charge in [0.25, 0.3) is 0 Å². The van der Waals surface area contributed by atoms with Gasteiger partial charge in [0.2, 0.25) is 11.8 Å². The van der Waals surface area contributed by atoms with Crippen LogP contribution >= 0.6 is 0 Å². The Morgan fingerprint density at radius 3 is 2.70 bits per heavy atom. The molecule has 1 unspecified atom stereocenters. The molecular weight excluding hydrogens is 346 g/mol. The summed E-state index contributed by atoms with van der Waals surface area (Å²) in [5, 5.41) is 8.50. The fourth-order valence-electron chi connectivity index (χ4n) is 4.10. The van der Waals surface area contributed by atoms with Gasteiger partial charge >= 0.3 is 6.03 Å². The van der Waals surface area contributed by atoms with E-state index in [0.717, 1.165) is 6.54 Å². The smallest absolute Gasteiger partial charge is 0.315 e. The number of amides is 4. The molecule has 1 spiro atoms. The molecule has 144 valence electrons. The Labute approximate surface area is 158 Å². The highest BCUT2D eigenvalue weighted by Crippen LogP contribution is 2.25. The van der Waals surface area contributed by atoms with Crippen LogP contribution in [0.25, 0.3) is 0 Å². The van der Waals surface area contributed by atoms with Crippen LogP contribution in [0.15, 0.2) is 24.3 Å². The van der Waals surface area contributed by atoms with Crippen molar-refractivity contribution in [3.05, 3.63) is 35.4 Å². The van der Waals surface area contributed by atoms with Crippen LogP contribution in [0.3, 0.4) is 0 Å². The van der Waals surface area contributed by atoms with Gasteiger partial charge in [0, 0.05) is 39.3 Å². The van der Waals surface area contributed by atoms with Gasteiger partial charge in [-0.05, 0) is 18.1 Å². The Morgan fingerprint density at radius 2 is 2.00 bits per heavy atom. The second-order valence-electron chi connectivity index (χ2n) is 7.75. The average Bonchev–Trinajstić information content (AvgIpc) is 3.01. The summed E-state index contributed by atoms with van der Waals surface area (Å²) in [6, 6.07) is 7.48. The maximum Gasteiger partial charge on any atom is 0.315 e. The molecule has 0 aromatic heterocycles. The van der Waals surface area contributed by atoms with Gasteiger partial charge in [0.15, 0.2) is 0 Å². The number of likely N-dealkylation sites (tertiary alicyclic amines) is 1. The molecule has 0 radical (unpaired) electrons. The van der Waals surface area contributed by atoms with E-state index in [1.54, 1.807) is 4.90 Å². The molecule has 0 saturated carbocycles. The van der Waals surface area contributed by atoms with Gasteiger partial charge in [-0.2, -0.15) is 0 Å². The topological polar surface area (TPSA) is 93.8 Å². The summed E-state index contributed by atoms with van der Waals surface area (Å²) in [7, 11) is 0. The summed E-state index contributed by atoms with van der Waals surface area (Å²) >= 11 is 0. The number of hydrogen-bond acceptors (Lipinski definition) is 4. The van der Waals surface area contributed by atoms with Gasteiger partial charge in [-0.15, -0.1) is 0 Å². The average molecular weight is 371 g/mol. The lowest BCUT2D eigenvalue weighted by Gasteiger charge is -2.47. The largest absolute Gasteiger partial charge is 0.353 e. The molecular formula is C19H25N5O3. The zero-order valence-electron chi connectivity index (χ0n) is 15.5. The number of nitrogens with zero attached hydrogens (tertiary/aromatic N) is 2. The molecule has 1 aromatic carbocycles. The van der Waals surface area contributed by atoms with Crippen LogP contribution in [0.4, 0.5) is 4.79 Å². The first-order chi connectivity index (χ1) is 13.0. The first-order valence-electron chi connectivity index (χ1n) is 9.36. The van der Waals surface area contributed by atoms with Crippen molar-refractivity contribution >= 4 is 17.8 Å². The lowest BCUT2D eigenvalue weighted by molar-refractivity contribution is -0.144. The van der Waals surface area contributed by atoms with Crippen molar-refractivity contribution in [3.63, 3.8) is 0 Å². The van der Waals surface area contributed by atoms with Gasteiger partial charge in [0.1, 0.15) is 0 Å². The number of urea groups is 1. The fourth-order valence-corrected chi connectivity index (χ4v) is 4.10. The van der Waals surface area contributed by atoms with E-state index in [0.29, 0.717) is 32.7 Å². The minimum atomic E-state index is -0.460. The number of aryl methyl sites for hydroxylation is 1. The molecule has 8 nitrogen and oxygen atoms in total. The summed E-state index contributed by atoms with van der Waals surface area (Å²) in [6.45, 7) is 5.57. The summed E-state index contributed by atoms with van der Waals surface area (Å²) in [5.74, 6) is -0.132. The third kappa shape index (κ3) is 3.49. The van der Waals surface area contributed by atoms with E-state index in [1.807, 2.05) is 12.1 Å².